The molecule has 1 amide bonds. The molecule has 5 nitrogen and oxygen atoms in total. The number of hydrogen-bond acceptors (Lipinski definition) is 4. The van der Waals surface area contributed by atoms with E-state index in [1.807, 2.05) is 0 Å². The lowest BCUT2D eigenvalue weighted by molar-refractivity contribution is -0.121. The van der Waals surface area contributed by atoms with Gasteiger partial charge in [-0.05, 0) is 30.2 Å². The van der Waals surface area contributed by atoms with Gasteiger partial charge in [-0.2, -0.15) is 5.10 Å². The Morgan fingerprint density at radius 2 is 1.42 bits per heavy atom. The number of nitrogens with one attached hydrogen (secondary N) is 1. The third-order valence-electron chi connectivity index (χ3n) is 5.61. The SMILES string of the molecule is CCCCCCCCCCCCCCCCCC(=O)N/N=C\c1ccc(O)c(OC)c1. The first kappa shape index (κ1) is 27.0. The molecule has 176 valence electrons. The molecule has 2 N–H and O–H groups in total. The Morgan fingerprint density at radius 1 is 0.903 bits per heavy atom. The summed E-state index contributed by atoms with van der Waals surface area (Å²) >= 11 is 0. The number of aromatic hydroxyl groups is 1. The number of hydrogen-bond donors (Lipinski definition) is 2. The van der Waals surface area contributed by atoms with E-state index in [0.29, 0.717) is 12.2 Å². The summed E-state index contributed by atoms with van der Waals surface area (Å²) in [6.07, 6.45) is 21.8. The van der Waals surface area contributed by atoms with Crippen molar-refractivity contribution in [3.05, 3.63) is 23.8 Å². The van der Waals surface area contributed by atoms with Gasteiger partial charge in [0, 0.05) is 6.42 Å². The van der Waals surface area contributed by atoms with Crippen molar-refractivity contribution in [3.63, 3.8) is 0 Å². The van der Waals surface area contributed by atoms with E-state index in [9.17, 15) is 9.90 Å². The number of methoxy groups -OCH3 is 1. The summed E-state index contributed by atoms with van der Waals surface area (Å²) in [5.41, 5.74) is 3.31. The van der Waals surface area contributed by atoms with Crippen molar-refractivity contribution < 1.29 is 14.6 Å². The zero-order valence-corrected chi connectivity index (χ0v) is 19.8. The van der Waals surface area contributed by atoms with Crippen LogP contribution in [0.25, 0.3) is 0 Å². The predicted octanol–water partition coefficient (Wildman–Crippen LogP) is 7.11. The second kappa shape index (κ2) is 18.7. The molecule has 5 heteroatoms. The molecule has 0 aromatic heterocycles. The van der Waals surface area contributed by atoms with Crippen LogP contribution in [0.3, 0.4) is 0 Å². The van der Waals surface area contributed by atoms with E-state index in [4.69, 9.17) is 4.74 Å². The van der Waals surface area contributed by atoms with Crippen LogP contribution in [0.5, 0.6) is 11.5 Å². The van der Waals surface area contributed by atoms with Crippen LogP contribution in [0.1, 0.15) is 115 Å². The van der Waals surface area contributed by atoms with Crippen molar-refractivity contribution in [2.45, 2.75) is 110 Å². The summed E-state index contributed by atoms with van der Waals surface area (Å²) in [5, 5.41) is 13.5. The number of phenols is 1. The third kappa shape index (κ3) is 14.6. The van der Waals surface area contributed by atoms with E-state index in [1.54, 1.807) is 18.3 Å². The first-order chi connectivity index (χ1) is 15.2. The normalized spacial score (nSPS) is 11.2. The van der Waals surface area contributed by atoms with Gasteiger partial charge in [0.05, 0.1) is 13.3 Å². The van der Waals surface area contributed by atoms with Crippen LogP contribution in [-0.4, -0.2) is 24.3 Å². The molecule has 31 heavy (non-hydrogen) atoms. The Balaban J connectivity index is 1.91. The van der Waals surface area contributed by atoms with Crippen LogP contribution in [-0.2, 0) is 4.79 Å². The molecule has 0 bridgehead atoms. The Labute approximate surface area is 189 Å². The molecule has 0 spiro atoms. The van der Waals surface area contributed by atoms with E-state index in [1.165, 1.54) is 96.6 Å². The highest BCUT2D eigenvalue weighted by Gasteiger charge is 2.02. The first-order valence-corrected chi connectivity index (χ1v) is 12.4. The molecule has 0 saturated carbocycles. The summed E-state index contributed by atoms with van der Waals surface area (Å²) in [6.45, 7) is 2.27. The topological polar surface area (TPSA) is 70.9 Å². The summed E-state index contributed by atoms with van der Waals surface area (Å²) in [7, 11) is 1.50. The minimum atomic E-state index is -0.0586. The van der Waals surface area contributed by atoms with Gasteiger partial charge in [0.2, 0.25) is 5.91 Å². The Morgan fingerprint density at radius 3 is 1.94 bits per heavy atom. The maximum atomic E-state index is 11.9. The number of ether oxygens (including phenoxy) is 1. The van der Waals surface area contributed by atoms with Gasteiger partial charge in [0.15, 0.2) is 11.5 Å². The number of phenolic OH excluding ortho intramolecular Hbond substituents is 1. The largest absolute Gasteiger partial charge is 0.504 e. The molecule has 1 rings (SSSR count). The summed E-state index contributed by atoms with van der Waals surface area (Å²) in [6, 6.07) is 4.92. The smallest absolute Gasteiger partial charge is 0.240 e. The molecule has 0 aliphatic carbocycles. The lowest BCUT2D eigenvalue weighted by Gasteiger charge is -2.04. The number of carbonyl (C=O) groups excluding carboxylic acids is 1. The second-order valence-electron chi connectivity index (χ2n) is 8.42. The molecular weight excluding hydrogens is 388 g/mol. The minimum Gasteiger partial charge on any atom is -0.504 e. The Bertz CT molecular complexity index is 617. The van der Waals surface area contributed by atoms with Crippen LogP contribution in [0.4, 0.5) is 0 Å². The predicted molar refractivity (Wildman–Crippen MR) is 130 cm³/mol. The highest BCUT2D eigenvalue weighted by molar-refractivity contribution is 5.83. The molecule has 0 aliphatic heterocycles. The van der Waals surface area contributed by atoms with Crippen molar-refractivity contribution in [3.8, 4) is 11.5 Å². The first-order valence-electron chi connectivity index (χ1n) is 12.4. The van der Waals surface area contributed by atoms with Gasteiger partial charge >= 0.3 is 0 Å². The molecule has 0 atom stereocenters. The van der Waals surface area contributed by atoms with Gasteiger partial charge in [-0.25, -0.2) is 5.43 Å². The van der Waals surface area contributed by atoms with Gasteiger partial charge in [-0.3, -0.25) is 4.79 Å². The number of rotatable bonds is 19. The third-order valence-corrected chi connectivity index (χ3v) is 5.61. The summed E-state index contributed by atoms with van der Waals surface area (Å²) in [5.74, 6) is 0.404. The minimum absolute atomic E-state index is 0.0586. The molecule has 0 fully saturated rings. The molecule has 0 aliphatic rings. The van der Waals surface area contributed by atoms with E-state index < -0.39 is 0 Å². The Hall–Kier alpha value is -2.04. The average Bonchev–Trinajstić information content (AvgIpc) is 2.77. The maximum Gasteiger partial charge on any atom is 0.240 e. The molecule has 1 aromatic rings. The van der Waals surface area contributed by atoms with Crippen LogP contribution in [0.15, 0.2) is 23.3 Å². The second-order valence-corrected chi connectivity index (χ2v) is 8.42. The maximum absolute atomic E-state index is 11.9. The number of nitrogens with zero attached hydrogens (tertiary/aromatic N) is 1. The fourth-order valence-electron chi connectivity index (χ4n) is 3.67. The van der Waals surface area contributed by atoms with Gasteiger partial charge in [-0.1, -0.05) is 96.8 Å². The molecule has 1 aromatic carbocycles. The van der Waals surface area contributed by atoms with Crippen molar-refractivity contribution in [2.75, 3.05) is 7.11 Å². The van der Waals surface area contributed by atoms with E-state index >= 15 is 0 Å². The lowest BCUT2D eigenvalue weighted by Crippen LogP contribution is -2.16. The van der Waals surface area contributed by atoms with E-state index in [-0.39, 0.29) is 11.7 Å². The van der Waals surface area contributed by atoms with Gasteiger partial charge in [-0.15, -0.1) is 0 Å². The zero-order valence-electron chi connectivity index (χ0n) is 19.8. The molecule has 0 radical (unpaired) electrons. The summed E-state index contributed by atoms with van der Waals surface area (Å²) < 4.78 is 5.05. The molecular formula is C26H44N2O3. The van der Waals surface area contributed by atoms with E-state index in [0.717, 1.165) is 18.4 Å². The van der Waals surface area contributed by atoms with Crippen molar-refractivity contribution >= 4 is 12.1 Å². The van der Waals surface area contributed by atoms with Crippen molar-refractivity contribution in [2.24, 2.45) is 5.10 Å². The fraction of sp³-hybridized carbons (Fsp3) is 0.692. The van der Waals surface area contributed by atoms with Crippen LogP contribution < -0.4 is 10.2 Å². The summed E-state index contributed by atoms with van der Waals surface area (Å²) in [4.78, 5) is 11.9. The van der Waals surface area contributed by atoms with Gasteiger partial charge in [0.1, 0.15) is 0 Å². The number of benzene rings is 1. The van der Waals surface area contributed by atoms with Gasteiger partial charge in [0.25, 0.3) is 0 Å². The highest BCUT2D eigenvalue weighted by Crippen LogP contribution is 2.25. The number of unbranched alkanes of at least 4 members (excludes halogenated alkanes) is 14. The standard InChI is InChI=1S/C26H44N2O3/c1-3-4-5-6-7-8-9-10-11-12-13-14-15-16-17-18-26(30)28-27-22-23-19-20-24(29)25(21-23)31-2/h19-22,29H,3-18H2,1-2H3,(H,28,30)/b27-22-. The molecule has 0 unspecified atom stereocenters. The highest BCUT2D eigenvalue weighted by atomic mass is 16.5. The van der Waals surface area contributed by atoms with Crippen molar-refractivity contribution in [1.29, 1.82) is 0 Å². The van der Waals surface area contributed by atoms with Crippen molar-refractivity contribution in [1.82, 2.24) is 5.43 Å². The van der Waals surface area contributed by atoms with Gasteiger partial charge < -0.3 is 9.84 Å². The lowest BCUT2D eigenvalue weighted by atomic mass is 10.0. The average molecular weight is 433 g/mol. The Kier molecular flexibility index (Phi) is 16.3. The van der Waals surface area contributed by atoms with Crippen LogP contribution >= 0.6 is 0 Å². The van der Waals surface area contributed by atoms with Crippen LogP contribution in [0.2, 0.25) is 0 Å². The fourth-order valence-corrected chi connectivity index (χ4v) is 3.67. The number of amides is 1. The number of carbonyl (C=O) groups is 1. The quantitative estimate of drug-likeness (QED) is 0.139. The zero-order chi connectivity index (χ0) is 22.6. The monoisotopic (exact) mass is 432 g/mol. The van der Waals surface area contributed by atoms with Crippen LogP contribution in [0, 0.1) is 0 Å². The number of hydrazone groups is 1. The molecule has 0 heterocycles. The van der Waals surface area contributed by atoms with E-state index in [2.05, 4.69) is 17.5 Å². The molecule has 0 saturated heterocycles.